The van der Waals surface area contributed by atoms with Gasteiger partial charge in [-0.05, 0) is 30.9 Å². The van der Waals surface area contributed by atoms with Gasteiger partial charge in [-0.1, -0.05) is 0 Å². The van der Waals surface area contributed by atoms with Crippen molar-refractivity contribution in [1.82, 2.24) is 4.90 Å². The van der Waals surface area contributed by atoms with Gasteiger partial charge in [0.1, 0.15) is 0 Å². The third kappa shape index (κ3) is 2.60. The summed E-state index contributed by atoms with van der Waals surface area (Å²) in [5, 5.41) is 0.448. The molecule has 1 aromatic rings. The van der Waals surface area contributed by atoms with Gasteiger partial charge in [-0.2, -0.15) is 11.8 Å². The summed E-state index contributed by atoms with van der Waals surface area (Å²) < 4.78 is 25.8. The Labute approximate surface area is 103 Å². The first kappa shape index (κ1) is 12.4. The predicted octanol–water partition coefficient (Wildman–Crippen LogP) is 2.54. The van der Waals surface area contributed by atoms with E-state index in [0.717, 1.165) is 18.6 Å². The van der Waals surface area contributed by atoms with E-state index in [1.54, 1.807) is 16.7 Å². The SMILES string of the molecule is CSC1CCN(C(=O)c2ccc(F)c(F)c2)C1. The van der Waals surface area contributed by atoms with Crippen LogP contribution in [0.2, 0.25) is 0 Å². The number of carbonyl (C=O) groups excluding carboxylic acids is 1. The number of thioether (sulfide) groups is 1. The van der Waals surface area contributed by atoms with Crippen LogP contribution in [0.4, 0.5) is 8.78 Å². The summed E-state index contributed by atoms with van der Waals surface area (Å²) in [6, 6.07) is 3.28. The maximum absolute atomic E-state index is 13.0. The average molecular weight is 257 g/mol. The molecule has 1 saturated heterocycles. The summed E-state index contributed by atoms with van der Waals surface area (Å²) in [5.41, 5.74) is 0.214. The van der Waals surface area contributed by atoms with Gasteiger partial charge in [-0.3, -0.25) is 4.79 Å². The van der Waals surface area contributed by atoms with E-state index in [1.807, 2.05) is 6.26 Å². The van der Waals surface area contributed by atoms with Gasteiger partial charge in [0.25, 0.3) is 5.91 Å². The number of hydrogen-bond acceptors (Lipinski definition) is 2. The minimum atomic E-state index is -0.975. The van der Waals surface area contributed by atoms with Crippen molar-refractivity contribution in [3.8, 4) is 0 Å². The van der Waals surface area contributed by atoms with Crippen molar-refractivity contribution >= 4 is 17.7 Å². The van der Waals surface area contributed by atoms with Gasteiger partial charge in [-0.15, -0.1) is 0 Å². The number of carbonyl (C=O) groups is 1. The zero-order valence-electron chi connectivity index (χ0n) is 9.45. The Bertz CT molecular complexity index is 439. The van der Waals surface area contributed by atoms with Crippen molar-refractivity contribution in [3.05, 3.63) is 35.4 Å². The highest BCUT2D eigenvalue weighted by atomic mass is 32.2. The van der Waals surface area contributed by atoms with Crippen molar-refractivity contribution in [3.63, 3.8) is 0 Å². The van der Waals surface area contributed by atoms with Crippen molar-refractivity contribution < 1.29 is 13.6 Å². The predicted molar refractivity (Wildman–Crippen MR) is 64.2 cm³/mol. The molecule has 0 saturated carbocycles. The first-order valence-corrected chi connectivity index (χ1v) is 6.67. The van der Waals surface area contributed by atoms with Crippen LogP contribution in [0.25, 0.3) is 0 Å². The number of halogens is 2. The van der Waals surface area contributed by atoms with Crippen LogP contribution >= 0.6 is 11.8 Å². The lowest BCUT2D eigenvalue weighted by atomic mass is 10.2. The number of likely N-dealkylation sites (tertiary alicyclic amines) is 1. The molecule has 92 valence electrons. The molecule has 0 aromatic heterocycles. The fourth-order valence-corrected chi connectivity index (χ4v) is 2.59. The van der Waals surface area contributed by atoms with Crippen LogP contribution in [0.5, 0.6) is 0 Å². The normalized spacial score (nSPS) is 19.7. The molecule has 1 aliphatic rings. The maximum Gasteiger partial charge on any atom is 0.253 e. The second kappa shape index (κ2) is 5.04. The van der Waals surface area contributed by atoms with Gasteiger partial charge in [0.15, 0.2) is 11.6 Å². The molecule has 1 fully saturated rings. The summed E-state index contributed by atoms with van der Waals surface area (Å²) >= 11 is 1.73. The van der Waals surface area contributed by atoms with Crippen LogP contribution in [-0.4, -0.2) is 35.4 Å². The van der Waals surface area contributed by atoms with Crippen LogP contribution in [0.1, 0.15) is 16.8 Å². The first-order chi connectivity index (χ1) is 8.11. The Morgan fingerprint density at radius 2 is 2.18 bits per heavy atom. The molecule has 0 spiro atoms. The Kier molecular flexibility index (Phi) is 3.66. The highest BCUT2D eigenvalue weighted by molar-refractivity contribution is 7.99. The largest absolute Gasteiger partial charge is 0.337 e. The van der Waals surface area contributed by atoms with Crippen LogP contribution in [0, 0.1) is 11.6 Å². The van der Waals surface area contributed by atoms with E-state index >= 15 is 0 Å². The van der Waals surface area contributed by atoms with Gasteiger partial charge in [0, 0.05) is 23.9 Å². The molecule has 0 aliphatic carbocycles. The molecule has 5 heteroatoms. The number of rotatable bonds is 2. The van der Waals surface area contributed by atoms with E-state index in [2.05, 4.69) is 0 Å². The first-order valence-electron chi connectivity index (χ1n) is 5.39. The highest BCUT2D eigenvalue weighted by Crippen LogP contribution is 2.22. The lowest BCUT2D eigenvalue weighted by Crippen LogP contribution is -2.29. The Morgan fingerprint density at radius 1 is 1.41 bits per heavy atom. The molecular weight excluding hydrogens is 244 g/mol. The zero-order chi connectivity index (χ0) is 12.4. The second-order valence-electron chi connectivity index (χ2n) is 4.03. The lowest BCUT2D eigenvalue weighted by molar-refractivity contribution is 0.0792. The van der Waals surface area contributed by atoms with Gasteiger partial charge < -0.3 is 4.90 Å². The minimum absolute atomic E-state index is 0.214. The Hall–Kier alpha value is -1.10. The third-order valence-corrected chi connectivity index (χ3v) is 3.98. The van der Waals surface area contributed by atoms with Crippen LogP contribution in [0.3, 0.4) is 0 Å². The monoisotopic (exact) mass is 257 g/mol. The second-order valence-corrected chi connectivity index (χ2v) is 5.16. The molecule has 2 nitrogen and oxygen atoms in total. The zero-order valence-corrected chi connectivity index (χ0v) is 10.3. The molecule has 0 radical (unpaired) electrons. The standard InChI is InChI=1S/C12H13F2NOS/c1-17-9-4-5-15(7-9)12(16)8-2-3-10(13)11(14)6-8/h2-3,6,9H,4-5,7H2,1H3. The van der Waals surface area contributed by atoms with Crippen LogP contribution in [0.15, 0.2) is 18.2 Å². The summed E-state index contributed by atoms with van der Waals surface area (Å²) in [5.74, 6) is -2.12. The van der Waals surface area contributed by atoms with Gasteiger partial charge in [0.2, 0.25) is 0 Å². The molecular formula is C12H13F2NOS. The molecule has 0 bridgehead atoms. The highest BCUT2D eigenvalue weighted by Gasteiger charge is 2.26. The molecule has 1 amide bonds. The van der Waals surface area contributed by atoms with E-state index < -0.39 is 11.6 Å². The fraction of sp³-hybridized carbons (Fsp3) is 0.417. The van der Waals surface area contributed by atoms with Gasteiger partial charge in [0.05, 0.1) is 0 Å². The maximum atomic E-state index is 13.0. The molecule has 1 unspecified atom stereocenters. The van der Waals surface area contributed by atoms with Crippen molar-refractivity contribution in [1.29, 1.82) is 0 Å². The number of nitrogens with zero attached hydrogens (tertiary/aromatic N) is 1. The molecule has 1 aromatic carbocycles. The quantitative estimate of drug-likeness (QED) is 0.811. The van der Waals surface area contributed by atoms with Crippen LogP contribution in [-0.2, 0) is 0 Å². The molecule has 1 aliphatic heterocycles. The summed E-state index contributed by atoms with van der Waals surface area (Å²) in [4.78, 5) is 13.7. The van der Waals surface area contributed by atoms with E-state index in [0.29, 0.717) is 18.3 Å². The Morgan fingerprint density at radius 3 is 2.76 bits per heavy atom. The van der Waals surface area contributed by atoms with Crippen molar-refractivity contribution in [2.45, 2.75) is 11.7 Å². The molecule has 17 heavy (non-hydrogen) atoms. The number of hydrogen-bond donors (Lipinski definition) is 0. The van der Waals surface area contributed by atoms with E-state index in [-0.39, 0.29) is 11.5 Å². The van der Waals surface area contributed by atoms with Crippen molar-refractivity contribution in [2.75, 3.05) is 19.3 Å². The van der Waals surface area contributed by atoms with E-state index in [4.69, 9.17) is 0 Å². The van der Waals surface area contributed by atoms with Gasteiger partial charge >= 0.3 is 0 Å². The molecule has 2 rings (SSSR count). The van der Waals surface area contributed by atoms with Crippen LogP contribution < -0.4 is 0 Å². The number of amides is 1. The van der Waals surface area contributed by atoms with E-state index in [9.17, 15) is 13.6 Å². The summed E-state index contributed by atoms with van der Waals surface area (Å²) in [6.07, 6.45) is 2.97. The minimum Gasteiger partial charge on any atom is -0.337 e. The third-order valence-electron chi connectivity index (χ3n) is 2.93. The van der Waals surface area contributed by atoms with Crippen molar-refractivity contribution in [2.24, 2.45) is 0 Å². The summed E-state index contributed by atoms with van der Waals surface area (Å²) in [7, 11) is 0. The molecule has 0 N–H and O–H groups in total. The Balaban J connectivity index is 2.12. The van der Waals surface area contributed by atoms with Gasteiger partial charge in [-0.25, -0.2) is 8.78 Å². The topological polar surface area (TPSA) is 20.3 Å². The fourth-order valence-electron chi connectivity index (χ4n) is 1.92. The molecule has 1 heterocycles. The lowest BCUT2D eigenvalue weighted by Gasteiger charge is -2.16. The average Bonchev–Trinajstić information content (AvgIpc) is 2.80. The van der Waals surface area contributed by atoms with E-state index in [1.165, 1.54) is 6.07 Å². The molecule has 1 atom stereocenters. The number of benzene rings is 1. The summed E-state index contributed by atoms with van der Waals surface area (Å²) in [6.45, 7) is 1.36. The smallest absolute Gasteiger partial charge is 0.253 e.